The first-order valence-electron chi connectivity index (χ1n) is 8.48. The van der Waals surface area contributed by atoms with Crippen molar-refractivity contribution in [1.29, 1.82) is 0 Å². The van der Waals surface area contributed by atoms with Crippen LogP contribution in [0.1, 0.15) is 13.3 Å². The third-order valence-corrected chi connectivity index (χ3v) is 5.92. The van der Waals surface area contributed by atoms with Crippen molar-refractivity contribution in [3.63, 3.8) is 0 Å². The van der Waals surface area contributed by atoms with Gasteiger partial charge in [-0.25, -0.2) is 17.8 Å². The zero-order valence-electron chi connectivity index (χ0n) is 14.5. The van der Waals surface area contributed by atoms with Crippen molar-refractivity contribution >= 4 is 21.6 Å². The largest absolute Gasteiger partial charge is 0.493 e. The lowest BCUT2D eigenvalue weighted by molar-refractivity contribution is 0.0186. The van der Waals surface area contributed by atoms with Crippen LogP contribution >= 0.6 is 11.6 Å². The summed E-state index contributed by atoms with van der Waals surface area (Å²) in [6.07, 6.45) is 3.94. The molecule has 2 unspecified atom stereocenters. The third-order valence-electron chi connectivity index (χ3n) is 4.30. The smallest absolute Gasteiger partial charge is 0.211 e. The van der Waals surface area contributed by atoms with Crippen molar-refractivity contribution in [2.24, 2.45) is 5.92 Å². The molecule has 0 radical (unpaired) electrons. The fourth-order valence-corrected chi connectivity index (χ4v) is 3.84. The number of nitrogens with zero attached hydrogens (tertiary/aromatic N) is 2. The summed E-state index contributed by atoms with van der Waals surface area (Å²) in [6, 6.07) is 7.29. The van der Waals surface area contributed by atoms with Gasteiger partial charge >= 0.3 is 0 Å². The van der Waals surface area contributed by atoms with Crippen LogP contribution in [0.15, 0.2) is 36.7 Å². The summed E-state index contributed by atoms with van der Waals surface area (Å²) in [4.78, 5) is 0. The van der Waals surface area contributed by atoms with Crippen molar-refractivity contribution in [3.8, 4) is 11.4 Å². The number of rotatable bonds is 7. The molecule has 2 atom stereocenters. The van der Waals surface area contributed by atoms with Gasteiger partial charge in [-0.2, -0.15) is 5.10 Å². The van der Waals surface area contributed by atoms with Crippen LogP contribution in [0.3, 0.4) is 0 Å². The molecule has 9 heteroatoms. The molecule has 1 N–H and O–H groups in total. The molecule has 0 spiro atoms. The fraction of sp³-hybridized carbons (Fsp3) is 0.471. The fourth-order valence-electron chi connectivity index (χ4n) is 2.77. The molecule has 142 valence electrons. The van der Waals surface area contributed by atoms with Gasteiger partial charge in [0.25, 0.3) is 0 Å². The van der Waals surface area contributed by atoms with E-state index in [1.165, 1.54) is 0 Å². The molecular weight excluding hydrogens is 378 g/mol. The normalized spacial score (nSPS) is 20.8. The lowest BCUT2D eigenvalue weighted by Crippen LogP contribution is -2.47. The first kappa shape index (κ1) is 19.2. The van der Waals surface area contributed by atoms with Crippen molar-refractivity contribution in [2.45, 2.75) is 19.4 Å². The molecule has 1 saturated heterocycles. The maximum absolute atomic E-state index is 11.9. The Morgan fingerprint density at radius 3 is 2.81 bits per heavy atom. The zero-order valence-corrected chi connectivity index (χ0v) is 16.0. The minimum absolute atomic E-state index is 0.0327. The van der Waals surface area contributed by atoms with Gasteiger partial charge in [-0.15, -0.1) is 0 Å². The highest BCUT2D eigenvalue weighted by Gasteiger charge is 2.29. The van der Waals surface area contributed by atoms with E-state index >= 15 is 0 Å². The van der Waals surface area contributed by atoms with Gasteiger partial charge in [0, 0.05) is 24.8 Å². The van der Waals surface area contributed by atoms with Gasteiger partial charge in [0.05, 0.1) is 35.9 Å². The van der Waals surface area contributed by atoms with Gasteiger partial charge in [-0.05, 0) is 37.6 Å². The minimum Gasteiger partial charge on any atom is -0.493 e. The Bertz CT molecular complexity index is 823. The number of benzene rings is 1. The van der Waals surface area contributed by atoms with E-state index in [2.05, 4.69) is 9.82 Å². The van der Waals surface area contributed by atoms with Gasteiger partial charge in [-0.1, -0.05) is 11.6 Å². The summed E-state index contributed by atoms with van der Waals surface area (Å²) in [5.41, 5.74) is 0.874. The maximum atomic E-state index is 11.9. The summed E-state index contributed by atoms with van der Waals surface area (Å²) in [6.45, 7) is 3.03. The molecule has 1 aliphatic heterocycles. The summed E-state index contributed by atoms with van der Waals surface area (Å²) in [5, 5.41) is 4.72. The highest BCUT2D eigenvalue weighted by molar-refractivity contribution is 7.89. The van der Waals surface area contributed by atoms with Crippen molar-refractivity contribution in [3.05, 3.63) is 41.7 Å². The molecule has 2 aromatic rings. The van der Waals surface area contributed by atoms with Crippen molar-refractivity contribution in [2.75, 3.05) is 25.6 Å². The van der Waals surface area contributed by atoms with Gasteiger partial charge in [0.2, 0.25) is 10.0 Å². The number of hydrogen-bond donors (Lipinski definition) is 1. The SMILES string of the molecule is CCS(=O)(=O)NC1CCOCC1COc1ccc(-n2cc(Cl)cn2)cc1. The Balaban J connectivity index is 1.60. The minimum atomic E-state index is -3.25. The van der Waals surface area contributed by atoms with Crippen molar-refractivity contribution in [1.82, 2.24) is 14.5 Å². The van der Waals surface area contributed by atoms with Crippen LogP contribution in [0, 0.1) is 5.92 Å². The van der Waals surface area contributed by atoms with Gasteiger partial charge < -0.3 is 9.47 Å². The van der Waals surface area contributed by atoms with Gasteiger partial charge in [-0.3, -0.25) is 0 Å². The maximum Gasteiger partial charge on any atom is 0.211 e. The average molecular weight is 400 g/mol. The molecule has 2 heterocycles. The molecule has 3 rings (SSSR count). The van der Waals surface area contributed by atoms with E-state index in [0.29, 0.717) is 37.0 Å². The van der Waals surface area contributed by atoms with Gasteiger partial charge in [0.1, 0.15) is 5.75 Å². The highest BCUT2D eigenvalue weighted by Crippen LogP contribution is 2.20. The third kappa shape index (κ3) is 4.97. The monoisotopic (exact) mass is 399 g/mol. The molecule has 0 aliphatic carbocycles. The Hall–Kier alpha value is -1.61. The van der Waals surface area contributed by atoms with Crippen LogP contribution in [0.2, 0.25) is 5.02 Å². The summed E-state index contributed by atoms with van der Waals surface area (Å²) in [5.74, 6) is 0.737. The second-order valence-corrected chi connectivity index (χ2v) is 8.64. The Morgan fingerprint density at radius 2 is 2.15 bits per heavy atom. The lowest BCUT2D eigenvalue weighted by atomic mass is 9.98. The number of halogens is 1. The van der Waals surface area contributed by atoms with E-state index in [9.17, 15) is 8.42 Å². The predicted octanol–water partition coefficient (Wildman–Crippen LogP) is 2.25. The molecule has 1 fully saturated rings. The van der Waals surface area contributed by atoms with Crippen LogP contribution in [-0.4, -0.2) is 49.8 Å². The van der Waals surface area contributed by atoms with E-state index in [1.54, 1.807) is 24.0 Å². The number of nitrogens with one attached hydrogen (secondary N) is 1. The van der Waals surface area contributed by atoms with Crippen LogP contribution in [0.5, 0.6) is 5.75 Å². The Kier molecular flexibility index (Phi) is 6.18. The van der Waals surface area contributed by atoms with Crippen LogP contribution in [0.25, 0.3) is 5.69 Å². The van der Waals surface area contributed by atoms with E-state index in [4.69, 9.17) is 21.1 Å². The highest BCUT2D eigenvalue weighted by atomic mass is 35.5. The second kappa shape index (κ2) is 8.39. The summed E-state index contributed by atoms with van der Waals surface area (Å²) in [7, 11) is -3.25. The first-order chi connectivity index (χ1) is 12.5. The van der Waals surface area contributed by atoms with Crippen LogP contribution < -0.4 is 9.46 Å². The first-order valence-corrected chi connectivity index (χ1v) is 10.5. The molecule has 1 aromatic carbocycles. The summed E-state index contributed by atoms with van der Waals surface area (Å²) >= 11 is 5.88. The molecule has 0 bridgehead atoms. The number of sulfonamides is 1. The molecule has 1 aliphatic rings. The zero-order chi connectivity index (χ0) is 18.6. The van der Waals surface area contributed by atoms with Crippen LogP contribution in [-0.2, 0) is 14.8 Å². The molecule has 7 nitrogen and oxygen atoms in total. The van der Waals surface area contributed by atoms with E-state index in [1.807, 2.05) is 24.3 Å². The van der Waals surface area contributed by atoms with Gasteiger partial charge in [0.15, 0.2) is 0 Å². The lowest BCUT2D eigenvalue weighted by Gasteiger charge is -2.31. The average Bonchev–Trinajstić information content (AvgIpc) is 3.07. The number of aromatic nitrogens is 2. The summed E-state index contributed by atoms with van der Waals surface area (Å²) < 4.78 is 39.5. The predicted molar refractivity (Wildman–Crippen MR) is 99.4 cm³/mol. The topological polar surface area (TPSA) is 82.5 Å². The molecule has 0 amide bonds. The molecule has 0 saturated carbocycles. The van der Waals surface area contributed by atoms with E-state index in [0.717, 1.165) is 5.69 Å². The van der Waals surface area contributed by atoms with E-state index < -0.39 is 10.0 Å². The molecular formula is C17H22ClN3O4S. The quantitative estimate of drug-likeness (QED) is 0.772. The number of hydrogen-bond acceptors (Lipinski definition) is 5. The second-order valence-electron chi connectivity index (χ2n) is 6.16. The molecule has 1 aromatic heterocycles. The van der Waals surface area contributed by atoms with Crippen LogP contribution in [0.4, 0.5) is 0 Å². The van der Waals surface area contributed by atoms with Crippen molar-refractivity contribution < 1.29 is 17.9 Å². The Labute approximate surface area is 158 Å². The Morgan fingerprint density at radius 1 is 1.38 bits per heavy atom. The molecule has 26 heavy (non-hydrogen) atoms. The standard InChI is InChI=1S/C17H22ClN3O4S/c1-2-26(22,23)20-17-7-8-24-11-13(17)12-25-16-5-3-15(4-6-16)21-10-14(18)9-19-21/h3-6,9-10,13,17,20H,2,7-8,11-12H2,1H3. The number of ether oxygens (including phenoxy) is 2. The van der Waals surface area contributed by atoms with E-state index in [-0.39, 0.29) is 17.7 Å².